The van der Waals surface area contributed by atoms with Crippen molar-refractivity contribution in [2.75, 3.05) is 31.2 Å². The lowest BCUT2D eigenvalue weighted by atomic mass is 10.1. The number of halogens is 1. The molecule has 16 heavy (non-hydrogen) atoms. The number of rotatable bonds is 2. The molecule has 0 saturated carbocycles. The molecule has 4 nitrogen and oxygen atoms in total. The second-order valence-electron chi connectivity index (χ2n) is 4.17. The third kappa shape index (κ3) is 2.71. The summed E-state index contributed by atoms with van der Waals surface area (Å²) in [6.07, 6.45) is 0. The van der Waals surface area contributed by atoms with E-state index in [1.54, 1.807) is 0 Å². The van der Waals surface area contributed by atoms with Crippen LogP contribution in [0, 0.1) is 0 Å². The van der Waals surface area contributed by atoms with Gasteiger partial charge >= 0.3 is 0 Å². The number of hydrogen-bond donors (Lipinski definition) is 0. The minimum absolute atomic E-state index is 0.416. The molecule has 0 radical (unpaired) electrons. The van der Waals surface area contributed by atoms with Gasteiger partial charge in [-0.1, -0.05) is 13.8 Å². The van der Waals surface area contributed by atoms with Gasteiger partial charge in [-0.15, -0.1) is 0 Å². The third-order valence-corrected chi connectivity index (χ3v) is 2.99. The Kier molecular flexibility index (Phi) is 3.76. The smallest absolute Gasteiger partial charge is 0.198 e. The van der Waals surface area contributed by atoms with E-state index >= 15 is 0 Å². The minimum atomic E-state index is 0.416. The molecule has 0 N–H and O–H groups in total. The maximum absolute atomic E-state index is 5.33. The maximum Gasteiger partial charge on any atom is 0.198 e. The van der Waals surface area contributed by atoms with Crippen molar-refractivity contribution in [1.82, 2.24) is 9.97 Å². The Morgan fingerprint density at radius 3 is 2.62 bits per heavy atom. The molecular formula is C11H16BrN3O. The molecule has 2 rings (SSSR count). The molecule has 0 aliphatic carbocycles. The molecule has 1 aromatic rings. The van der Waals surface area contributed by atoms with Crippen molar-refractivity contribution in [2.24, 2.45) is 0 Å². The zero-order valence-electron chi connectivity index (χ0n) is 9.61. The van der Waals surface area contributed by atoms with E-state index in [0.29, 0.717) is 10.7 Å². The third-order valence-electron chi connectivity index (χ3n) is 2.63. The lowest BCUT2D eigenvalue weighted by Crippen LogP contribution is -2.36. The van der Waals surface area contributed by atoms with Crippen LogP contribution < -0.4 is 4.90 Å². The summed E-state index contributed by atoms with van der Waals surface area (Å²) in [5.41, 5.74) is 1.07. The van der Waals surface area contributed by atoms with E-state index in [1.165, 1.54) is 0 Å². The largest absolute Gasteiger partial charge is 0.378 e. The molecular weight excluding hydrogens is 270 g/mol. The van der Waals surface area contributed by atoms with Gasteiger partial charge in [0, 0.05) is 24.8 Å². The fourth-order valence-corrected chi connectivity index (χ4v) is 2.06. The van der Waals surface area contributed by atoms with Crippen LogP contribution in [0.15, 0.2) is 10.8 Å². The lowest BCUT2D eigenvalue weighted by molar-refractivity contribution is 0.122. The standard InChI is InChI=1S/C11H16BrN3O/c1-8(2)9-7-10(14-11(12)13-9)15-3-5-16-6-4-15/h7-8H,3-6H2,1-2H3. The first-order valence-corrected chi connectivity index (χ1v) is 6.33. The monoisotopic (exact) mass is 285 g/mol. The normalized spacial score (nSPS) is 16.9. The Balaban J connectivity index is 2.25. The summed E-state index contributed by atoms with van der Waals surface area (Å²) in [6, 6.07) is 2.07. The van der Waals surface area contributed by atoms with Gasteiger partial charge in [-0.3, -0.25) is 0 Å². The van der Waals surface area contributed by atoms with Crippen LogP contribution in [0.5, 0.6) is 0 Å². The Hall–Kier alpha value is -0.680. The van der Waals surface area contributed by atoms with Crippen molar-refractivity contribution in [3.05, 3.63) is 16.5 Å². The molecule has 88 valence electrons. The number of ether oxygens (including phenoxy) is 1. The summed E-state index contributed by atoms with van der Waals surface area (Å²) < 4.78 is 6.00. The van der Waals surface area contributed by atoms with Gasteiger partial charge in [0.15, 0.2) is 4.73 Å². The van der Waals surface area contributed by atoms with E-state index in [4.69, 9.17) is 4.74 Å². The molecule has 1 aromatic heterocycles. The van der Waals surface area contributed by atoms with Gasteiger partial charge in [0.2, 0.25) is 0 Å². The Morgan fingerprint density at radius 1 is 1.31 bits per heavy atom. The van der Waals surface area contributed by atoms with Gasteiger partial charge in [-0.2, -0.15) is 0 Å². The highest BCUT2D eigenvalue weighted by molar-refractivity contribution is 9.10. The predicted octanol–water partition coefficient (Wildman–Crippen LogP) is 2.20. The quantitative estimate of drug-likeness (QED) is 0.781. The van der Waals surface area contributed by atoms with E-state index in [1.807, 2.05) is 0 Å². The van der Waals surface area contributed by atoms with Crippen LogP contribution >= 0.6 is 15.9 Å². The van der Waals surface area contributed by atoms with Crippen molar-refractivity contribution in [3.63, 3.8) is 0 Å². The zero-order valence-corrected chi connectivity index (χ0v) is 11.2. The molecule has 0 unspecified atom stereocenters. The van der Waals surface area contributed by atoms with Crippen molar-refractivity contribution in [1.29, 1.82) is 0 Å². The first-order valence-electron chi connectivity index (χ1n) is 5.54. The summed E-state index contributed by atoms with van der Waals surface area (Å²) in [7, 11) is 0. The Bertz CT molecular complexity index is 364. The second kappa shape index (κ2) is 5.10. The minimum Gasteiger partial charge on any atom is -0.378 e. The summed E-state index contributed by atoms with van der Waals surface area (Å²) in [5, 5.41) is 0. The maximum atomic E-state index is 5.33. The lowest BCUT2D eigenvalue weighted by Gasteiger charge is -2.28. The number of morpholine rings is 1. The molecule has 0 atom stereocenters. The average molecular weight is 286 g/mol. The second-order valence-corrected chi connectivity index (χ2v) is 4.88. The summed E-state index contributed by atoms with van der Waals surface area (Å²) in [5.74, 6) is 1.41. The Labute approximate surface area is 104 Å². The first kappa shape index (κ1) is 11.8. The van der Waals surface area contributed by atoms with Gasteiger partial charge in [0.05, 0.1) is 13.2 Å². The van der Waals surface area contributed by atoms with Crippen LogP contribution in [-0.4, -0.2) is 36.3 Å². The van der Waals surface area contributed by atoms with Crippen molar-refractivity contribution in [3.8, 4) is 0 Å². The van der Waals surface area contributed by atoms with Crippen molar-refractivity contribution in [2.45, 2.75) is 19.8 Å². The van der Waals surface area contributed by atoms with E-state index < -0.39 is 0 Å². The number of hydrogen-bond acceptors (Lipinski definition) is 4. The van der Waals surface area contributed by atoms with E-state index in [-0.39, 0.29) is 0 Å². The zero-order chi connectivity index (χ0) is 11.5. The average Bonchev–Trinajstić information content (AvgIpc) is 2.29. The van der Waals surface area contributed by atoms with Crippen molar-refractivity contribution >= 4 is 21.7 Å². The van der Waals surface area contributed by atoms with Crippen LogP contribution in [0.4, 0.5) is 5.82 Å². The van der Waals surface area contributed by atoms with Crippen LogP contribution in [0.2, 0.25) is 0 Å². The highest BCUT2D eigenvalue weighted by Gasteiger charge is 2.15. The fraction of sp³-hybridized carbons (Fsp3) is 0.636. The van der Waals surface area contributed by atoms with Gasteiger partial charge in [0.1, 0.15) is 5.82 Å². The molecule has 1 aliphatic rings. The summed E-state index contributed by atoms with van der Waals surface area (Å²) >= 11 is 3.37. The molecule has 1 fully saturated rings. The number of anilines is 1. The van der Waals surface area contributed by atoms with Gasteiger partial charge in [-0.05, 0) is 21.8 Å². The van der Waals surface area contributed by atoms with Crippen LogP contribution in [0.1, 0.15) is 25.5 Å². The Morgan fingerprint density at radius 2 is 2.00 bits per heavy atom. The molecule has 0 spiro atoms. The highest BCUT2D eigenvalue weighted by Crippen LogP contribution is 2.21. The van der Waals surface area contributed by atoms with Crippen LogP contribution in [0.3, 0.4) is 0 Å². The SMILES string of the molecule is CC(C)c1cc(N2CCOCC2)nc(Br)n1. The van der Waals surface area contributed by atoms with Gasteiger partial charge in [-0.25, -0.2) is 9.97 Å². The van der Waals surface area contributed by atoms with E-state index in [0.717, 1.165) is 37.8 Å². The number of nitrogens with zero attached hydrogens (tertiary/aromatic N) is 3. The molecule has 0 bridgehead atoms. The first-order chi connectivity index (χ1) is 7.66. The molecule has 0 amide bonds. The van der Waals surface area contributed by atoms with Crippen molar-refractivity contribution < 1.29 is 4.74 Å². The van der Waals surface area contributed by atoms with Gasteiger partial charge in [0.25, 0.3) is 0 Å². The molecule has 5 heteroatoms. The number of aromatic nitrogens is 2. The summed E-state index contributed by atoms with van der Waals surface area (Å²) in [6.45, 7) is 7.63. The topological polar surface area (TPSA) is 38.2 Å². The molecule has 2 heterocycles. The summed E-state index contributed by atoms with van der Waals surface area (Å²) in [4.78, 5) is 11.0. The predicted molar refractivity (Wildman–Crippen MR) is 66.9 cm³/mol. The van der Waals surface area contributed by atoms with E-state index in [9.17, 15) is 0 Å². The van der Waals surface area contributed by atoms with Crippen LogP contribution in [-0.2, 0) is 4.74 Å². The fourth-order valence-electron chi connectivity index (χ4n) is 1.67. The molecule has 1 saturated heterocycles. The van der Waals surface area contributed by atoms with E-state index in [2.05, 4.69) is 50.7 Å². The highest BCUT2D eigenvalue weighted by atomic mass is 79.9. The van der Waals surface area contributed by atoms with Crippen LogP contribution in [0.25, 0.3) is 0 Å². The molecule has 0 aromatic carbocycles. The molecule has 1 aliphatic heterocycles. The van der Waals surface area contributed by atoms with Gasteiger partial charge < -0.3 is 9.64 Å².